The number of anilines is 2. The second kappa shape index (κ2) is 15.6. The number of amidine groups is 2. The summed E-state index contributed by atoms with van der Waals surface area (Å²) in [5.41, 5.74) is 19.7. The molecule has 8 aromatic rings. The molecule has 0 radical (unpaired) electrons. The molecule has 7 aromatic carbocycles. The van der Waals surface area contributed by atoms with Gasteiger partial charge in [-0.2, -0.15) is 0 Å². The van der Waals surface area contributed by atoms with Crippen LogP contribution in [0.4, 0.5) is 11.4 Å². The Morgan fingerprint density at radius 3 is 1.98 bits per heavy atom. The van der Waals surface area contributed by atoms with Crippen LogP contribution in [0.2, 0.25) is 0 Å². The van der Waals surface area contributed by atoms with Gasteiger partial charge in [-0.25, -0.2) is 4.99 Å². The molecule has 9 rings (SSSR count). The molecule has 272 valence electrons. The number of aliphatic imine (C=N–C) groups is 2. The van der Waals surface area contributed by atoms with Gasteiger partial charge < -0.3 is 10.6 Å². The lowest BCUT2D eigenvalue weighted by Crippen LogP contribution is -2.18. The van der Waals surface area contributed by atoms with Gasteiger partial charge in [-0.3, -0.25) is 9.98 Å². The predicted octanol–water partition coefficient (Wildman–Crippen LogP) is 11.9. The molecule has 0 saturated carbocycles. The highest BCUT2D eigenvalue weighted by Crippen LogP contribution is 2.43. The Hall–Kier alpha value is -7.63. The molecule has 0 bridgehead atoms. The highest BCUT2D eigenvalue weighted by molar-refractivity contribution is 6.11. The molecule has 2 N–H and O–H groups in total. The molecule has 2 heterocycles. The van der Waals surface area contributed by atoms with E-state index in [1.54, 1.807) is 0 Å². The molecular weight excluding hydrogens is 695 g/mol. The SMILES string of the molecule is C=C1c2ccccc2/C(c2ccccc2)=C\N(c2ccc(C(N=C(N)c3ccc4ccccc4c3)=NCc3ccccc3)nc2)c2cc(-c3ccccc3)ccc21. The fourth-order valence-electron chi connectivity index (χ4n) is 7.36. The molecule has 0 saturated heterocycles. The van der Waals surface area contributed by atoms with Crippen LogP contribution >= 0.6 is 0 Å². The van der Waals surface area contributed by atoms with Crippen LogP contribution in [0.25, 0.3) is 33.0 Å². The monoisotopic (exact) mass is 733 g/mol. The minimum atomic E-state index is 0.372. The van der Waals surface area contributed by atoms with Gasteiger partial charge in [0.1, 0.15) is 11.5 Å². The standard InChI is InChI=1S/C52H39N5/c1-36-45-23-13-14-24-47(45)48(40-20-9-4-10-21-40)35-57(50-32-42(27-29-46(36)50)38-17-7-3-8-18-38)44-28-30-49(54-34-44)52(55-33-37-15-5-2-6-16-37)56-51(53)43-26-25-39-19-11-12-22-41(39)31-43/h2-32,34-35H,1,33H2,(H2,53,55,56)/b48-35-. The van der Waals surface area contributed by atoms with Crippen molar-refractivity contribution in [2.45, 2.75) is 6.54 Å². The van der Waals surface area contributed by atoms with Crippen molar-refractivity contribution in [2.24, 2.45) is 15.7 Å². The van der Waals surface area contributed by atoms with Gasteiger partial charge in [-0.1, -0.05) is 170 Å². The van der Waals surface area contributed by atoms with Crippen molar-refractivity contribution < 1.29 is 0 Å². The Balaban J connectivity index is 1.19. The summed E-state index contributed by atoms with van der Waals surface area (Å²) in [5.74, 6) is 0.829. The molecule has 0 fully saturated rings. The summed E-state index contributed by atoms with van der Waals surface area (Å²) in [6.07, 6.45) is 4.12. The molecule has 1 aromatic heterocycles. The summed E-state index contributed by atoms with van der Waals surface area (Å²) in [5, 5.41) is 2.23. The zero-order valence-corrected chi connectivity index (χ0v) is 31.3. The first kappa shape index (κ1) is 35.1. The van der Waals surface area contributed by atoms with Crippen LogP contribution in [0.1, 0.15) is 39.1 Å². The predicted molar refractivity (Wildman–Crippen MR) is 238 cm³/mol. The van der Waals surface area contributed by atoms with Crippen molar-refractivity contribution >= 4 is 45.0 Å². The summed E-state index contributed by atoms with van der Waals surface area (Å²) in [6, 6.07) is 64.6. The van der Waals surface area contributed by atoms with Crippen molar-refractivity contribution in [2.75, 3.05) is 4.90 Å². The summed E-state index contributed by atoms with van der Waals surface area (Å²) in [6.45, 7) is 5.13. The van der Waals surface area contributed by atoms with Gasteiger partial charge in [-0.05, 0) is 74.0 Å². The van der Waals surface area contributed by atoms with Crippen LogP contribution in [0.3, 0.4) is 0 Å². The molecular formula is C52H39N5. The second-order valence-electron chi connectivity index (χ2n) is 14.0. The molecule has 5 nitrogen and oxygen atoms in total. The van der Waals surface area contributed by atoms with Crippen molar-refractivity contribution in [1.29, 1.82) is 0 Å². The van der Waals surface area contributed by atoms with Crippen LogP contribution in [-0.4, -0.2) is 16.7 Å². The van der Waals surface area contributed by atoms with E-state index >= 15 is 0 Å². The van der Waals surface area contributed by atoms with Crippen LogP contribution in [-0.2, 0) is 6.54 Å². The maximum atomic E-state index is 6.73. The fourth-order valence-corrected chi connectivity index (χ4v) is 7.36. The molecule has 5 heteroatoms. The fraction of sp³-hybridized carbons (Fsp3) is 0.0192. The molecule has 0 spiro atoms. The van der Waals surface area contributed by atoms with Crippen molar-refractivity contribution in [3.63, 3.8) is 0 Å². The lowest BCUT2D eigenvalue weighted by molar-refractivity contribution is 1.05. The number of nitrogens with zero attached hydrogens (tertiary/aromatic N) is 4. The van der Waals surface area contributed by atoms with E-state index < -0.39 is 0 Å². The van der Waals surface area contributed by atoms with Crippen molar-refractivity contribution in [3.8, 4) is 11.1 Å². The molecule has 57 heavy (non-hydrogen) atoms. The Labute approximate surface area is 333 Å². The van der Waals surface area contributed by atoms with E-state index in [9.17, 15) is 0 Å². The topological polar surface area (TPSA) is 66.9 Å². The average molecular weight is 734 g/mol. The number of fused-ring (bicyclic) bond motifs is 3. The first-order chi connectivity index (χ1) is 28.1. The highest BCUT2D eigenvalue weighted by Gasteiger charge is 2.24. The van der Waals surface area contributed by atoms with E-state index in [2.05, 4.69) is 145 Å². The molecule has 1 aliphatic rings. The normalized spacial score (nSPS) is 13.9. The minimum Gasteiger partial charge on any atom is -0.383 e. The smallest absolute Gasteiger partial charge is 0.175 e. The van der Waals surface area contributed by atoms with Gasteiger partial charge in [0.05, 0.1) is 24.1 Å². The first-order valence-electron chi connectivity index (χ1n) is 19.0. The molecule has 0 unspecified atom stereocenters. The van der Waals surface area contributed by atoms with Crippen molar-refractivity contribution in [1.82, 2.24) is 4.98 Å². The molecule has 0 aliphatic carbocycles. The van der Waals surface area contributed by atoms with Gasteiger partial charge in [-0.15, -0.1) is 0 Å². The Bertz CT molecular complexity index is 2820. The maximum absolute atomic E-state index is 6.73. The van der Waals surface area contributed by atoms with Crippen LogP contribution in [0.5, 0.6) is 0 Å². The number of hydrogen-bond acceptors (Lipinski definition) is 3. The number of rotatable bonds is 7. The first-order valence-corrected chi connectivity index (χ1v) is 19.0. The van der Waals surface area contributed by atoms with Crippen LogP contribution in [0, 0.1) is 0 Å². The number of hydrogen-bond donors (Lipinski definition) is 1. The third kappa shape index (κ3) is 7.30. The zero-order chi connectivity index (χ0) is 38.6. The van der Waals surface area contributed by atoms with Gasteiger partial charge >= 0.3 is 0 Å². The van der Waals surface area contributed by atoms with Crippen molar-refractivity contribution in [3.05, 3.63) is 246 Å². The number of pyridine rings is 1. The lowest BCUT2D eigenvalue weighted by Gasteiger charge is -2.30. The van der Waals surface area contributed by atoms with E-state index in [0.717, 1.165) is 77.8 Å². The second-order valence-corrected chi connectivity index (χ2v) is 14.0. The molecule has 1 aliphatic heterocycles. The summed E-state index contributed by atoms with van der Waals surface area (Å²) in [4.78, 5) is 17.2. The Morgan fingerprint density at radius 2 is 1.25 bits per heavy atom. The van der Waals surface area contributed by atoms with Gasteiger partial charge in [0.15, 0.2) is 5.84 Å². The van der Waals surface area contributed by atoms with Gasteiger partial charge in [0.25, 0.3) is 0 Å². The molecule has 0 amide bonds. The Morgan fingerprint density at radius 1 is 0.579 bits per heavy atom. The van der Waals surface area contributed by atoms with E-state index in [-0.39, 0.29) is 0 Å². The quantitative estimate of drug-likeness (QED) is 0.131. The van der Waals surface area contributed by atoms with Gasteiger partial charge in [0, 0.05) is 22.9 Å². The van der Waals surface area contributed by atoms with E-state index in [1.165, 1.54) is 0 Å². The third-order valence-electron chi connectivity index (χ3n) is 10.4. The number of aromatic nitrogens is 1. The Kier molecular flexibility index (Phi) is 9.61. The largest absolute Gasteiger partial charge is 0.383 e. The zero-order valence-electron chi connectivity index (χ0n) is 31.3. The molecule has 0 atom stereocenters. The van der Waals surface area contributed by atoms with Crippen LogP contribution < -0.4 is 10.6 Å². The summed E-state index contributed by atoms with van der Waals surface area (Å²) >= 11 is 0. The maximum Gasteiger partial charge on any atom is 0.175 e. The van der Waals surface area contributed by atoms with Crippen LogP contribution in [0.15, 0.2) is 217 Å². The average Bonchev–Trinajstić information content (AvgIpc) is 3.28. The lowest BCUT2D eigenvalue weighted by atomic mass is 9.86. The van der Waals surface area contributed by atoms with Gasteiger partial charge in [0.2, 0.25) is 0 Å². The number of benzene rings is 7. The van der Waals surface area contributed by atoms with E-state index in [4.69, 9.17) is 27.3 Å². The number of nitrogens with two attached hydrogens (primary N) is 1. The van der Waals surface area contributed by atoms with E-state index in [0.29, 0.717) is 23.9 Å². The third-order valence-corrected chi connectivity index (χ3v) is 10.4. The minimum absolute atomic E-state index is 0.372. The van der Waals surface area contributed by atoms with E-state index in [1.807, 2.05) is 60.8 Å². The summed E-state index contributed by atoms with van der Waals surface area (Å²) < 4.78 is 0. The summed E-state index contributed by atoms with van der Waals surface area (Å²) in [7, 11) is 0. The highest BCUT2D eigenvalue weighted by atomic mass is 15.1.